The molecule has 0 bridgehead atoms. The Hall–Kier alpha value is -2.58. The van der Waals surface area contributed by atoms with Crippen LogP contribution in [-0.2, 0) is 24.4 Å². The van der Waals surface area contributed by atoms with Crippen molar-refractivity contribution in [2.45, 2.75) is 12.6 Å². The zero-order valence-corrected chi connectivity index (χ0v) is 11.7. The summed E-state index contributed by atoms with van der Waals surface area (Å²) < 4.78 is 44.5. The minimum Gasteiger partial charge on any atom is -0.494 e. The lowest BCUT2D eigenvalue weighted by Gasteiger charge is -2.12. The van der Waals surface area contributed by atoms with Crippen molar-refractivity contribution in [3.8, 4) is 16.9 Å². The van der Waals surface area contributed by atoms with Gasteiger partial charge >= 0.3 is 12.1 Å². The number of nitrogens with zero attached hydrogens (tertiary/aromatic N) is 3. The largest absolute Gasteiger partial charge is 0.494 e. The monoisotopic (exact) mass is 315 g/mol. The fraction of sp³-hybridized carbons (Fsp3) is 0.308. The molecular weight excluding hydrogens is 303 g/mol. The maximum Gasteiger partial charge on any atom is 0.437 e. The van der Waals surface area contributed by atoms with Crippen molar-refractivity contribution in [3.63, 3.8) is 0 Å². The summed E-state index contributed by atoms with van der Waals surface area (Å²) in [5.41, 5.74) is -0.209. The van der Waals surface area contributed by atoms with Crippen molar-refractivity contribution in [1.82, 2.24) is 14.8 Å². The number of carbonyl (C=O) groups is 1. The van der Waals surface area contributed by atoms with Crippen LogP contribution in [0.3, 0.4) is 0 Å². The molecule has 0 spiro atoms. The highest BCUT2D eigenvalue weighted by Gasteiger charge is 2.36. The van der Waals surface area contributed by atoms with Crippen molar-refractivity contribution in [2.75, 3.05) is 7.11 Å². The molecule has 1 N–H and O–H groups in total. The van der Waals surface area contributed by atoms with Crippen LogP contribution >= 0.6 is 0 Å². The molecule has 0 radical (unpaired) electrons. The molecule has 0 aliphatic rings. The molecule has 2 aromatic heterocycles. The average molecular weight is 315 g/mol. The standard InChI is InChI=1S/C13H12F3N3O3/c1-19-6-8(9(18-19)4-11(20)21)7-3-10(22-2)12(17-5-7)13(14,15)16/h3,5-6H,4H2,1-2H3,(H,20,21). The van der Waals surface area contributed by atoms with Crippen molar-refractivity contribution in [1.29, 1.82) is 0 Å². The van der Waals surface area contributed by atoms with Gasteiger partial charge in [0.25, 0.3) is 0 Å². The van der Waals surface area contributed by atoms with Gasteiger partial charge in [-0.25, -0.2) is 4.98 Å². The third kappa shape index (κ3) is 3.18. The van der Waals surface area contributed by atoms with Crippen LogP contribution in [0.4, 0.5) is 13.2 Å². The lowest BCUT2D eigenvalue weighted by Crippen LogP contribution is -2.10. The molecule has 2 aromatic rings. The molecular formula is C13H12F3N3O3. The van der Waals surface area contributed by atoms with Gasteiger partial charge in [-0.3, -0.25) is 9.48 Å². The highest BCUT2D eigenvalue weighted by Crippen LogP contribution is 2.37. The van der Waals surface area contributed by atoms with E-state index in [0.717, 1.165) is 19.4 Å². The van der Waals surface area contributed by atoms with Gasteiger partial charge in [0.15, 0.2) is 5.69 Å². The van der Waals surface area contributed by atoms with E-state index in [2.05, 4.69) is 10.1 Å². The lowest BCUT2D eigenvalue weighted by molar-refractivity contribution is -0.142. The Morgan fingerprint density at radius 2 is 2.14 bits per heavy atom. The Morgan fingerprint density at radius 3 is 2.68 bits per heavy atom. The number of halogens is 3. The molecule has 0 amide bonds. The minimum atomic E-state index is -4.64. The summed E-state index contributed by atoms with van der Waals surface area (Å²) in [6, 6.07) is 1.16. The van der Waals surface area contributed by atoms with E-state index in [4.69, 9.17) is 9.84 Å². The van der Waals surface area contributed by atoms with Gasteiger partial charge < -0.3 is 9.84 Å². The predicted octanol–water partition coefficient (Wildman–Crippen LogP) is 2.14. The van der Waals surface area contributed by atoms with Crippen LogP contribution in [0.25, 0.3) is 11.1 Å². The number of carboxylic acid groups (broad SMARTS) is 1. The number of hydrogen-bond donors (Lipinski definition) is 1. The Kier molecular flexibility index (Phi) is 4.07. The van der Waals surface area contributed by atoms with Crippen LogP contribution in [-0.4, -0.2) is 33.0 Å². The van der Waals surface area contributed by atoms with E-state index in [1.165, 1.54) is 10.9 Å². The van der Waals surface area contributed by atoms with Gasteiger partial charge in [0.05, 0.1) is 19.2 Å². The third-order valence-electron chi connectivity index (χ3n) is 2.88. The number of methoxy groups -OCH3 is 1. The Labute approximate surface area is 123 Å². The molecule has 2 heterocycles. The van der Waals surface area contributed by atoms with E-state index in [0.29, 0.717) is 11.1 Å². The molecule has 0 aliphatic heterocycles. The molecule has 0 aliphatic carbocycles. The number of rotatable bonds is 4. The molecule has 9 heteroatoms. The highest BCUT2D eigenvalue weighted by atomic mass is 19.4. The topological polar surface area (TPSA) is 77.2 Å². The number of ether oxygens (including phenoxy) is 1. The van der Waals surface area contributed by atoms with Gasteiger partial charge in [0, 0.05) is 30.6 Å². The first-order chi connectivity index (χ1) is 10.2. The summed E-state index contributed by atoms with van der Waals surface area (Å²) in [4.78, 5) is 14.2. The Balaban J connectivity index is 2.52. The van der Waals surface area contributed by atoms with Gasteiger partial charge in [0.1, 0.15) is 5.75 Å². The van der Waals surface area contributed by atoms with E-state index in [1.807, 2.05) is 0 Å². The Bertz CT molecular complexity index is 710. The predicted molar refractivity (Wildman–Crippen MR) is 69.3 cm³/mol. The van der Waals surface area contributed by atoms with Gasteiger partial charge in [0.2, 0.25) is 0 Å². The fourth-order valence-electron chi connectivity index (χ4n) is 2.01. The van der Waals surface area contributed by atoms with Gasteiger partial charge in [-0.2, -0.15) is 18.3 Å². The van der Waals surface area contributed by atoms with Crippen LogP contribution in [0.2, 0.25) is 0 Å². The number of alkyl halides is 3. The first-order valence-corrected chi connectivity index (χ1v) is 6.08. The van der Waals surface area contributed by atoms with Gasteiger partial charge in [-0.1, -0.05) is 0 Å². The van der Waals surface area contributed by atoms with Crippen molar-refractivity contribution >= 4 is 5.97 Å². The smallest absolute Gasteiger partial charge is 0.437 e. The van der Waals surface area contributed by atoms with E-state index in [1.54, 1.807) is 7.05 Å². The van der Waals surface area contributed by atoms with Crippen LogP contribution in [0.5, 0.6) is 5.75 Å². The average Bonchev–Trinajstić information content (AvgIpc) is 2.76. The number of carboxylic acids is 1. The second kappa shape index (κ2) is 5.66. The molecule has 6 nitrogen and oxygen atoms in total. The van der Waals surface area contributed by atoms with Crippen molar-refractivity contribution < 1.29 is 27.8 Å². The summed E-state index contributed by atoms with van der Waals surface area (Å²) in [5, 5.41) is 12.9. The molecule has 2 rings (SSSR count). The summed E-state index contributed by atoms with van der Waals surface area (Å²) in [6.45, 7) is 0. The molecule has 0 saturated heterocycles. The fourth-order valence-corrected chi connectivity index (χ4v) is 2.01. The molecule has 0 fully saturated rings. The van der Waals surface area contributed by atoms with E-state index < -0.39 is 23.6 Å². The molecule has 118 valence electrons. The highest BCUT2D eigenvalue weighted by molar-refractivity contribution is 5.75. The van der Waals surface area contributed by atoms with Crippen LogP contribution in [0.15, 0.2) is 18.5 Å². The quantitative estimate of drug-likeness (QED) is 0.935. The van der Waals surface area contributed by atoms with E-state index in [9.17, 15) is 18.0 Å². The maximum atomic E-state index is 12.8. The zero-order chi connectivity index (χ0) is 16.5. The minimum absolute atomic E-state index is 0.235. The van der Waals surface area contributed by atoms with Crippen molar-refractivity contribution in [3.05, 3.63) is 29.8 Å². The van der Waals surface area contributed by atoms with E-state index >= 15 is 0 Å². The second-order valence-corrected chi connectivity index (χ2v) is 4.51. The normalized spacial score (nSPS) is 11.5. The summed E-state index contributed by atoms with van der Waals surface area (Å²) in [5.74, 6) is -1.53. The lowest BCUT2D eigenvalue weighted by atomic mass is 10.1. The molecule has 0 saturated carbocycles. The van der Waals surface area contributed by atoms with Gasteiger partial charge in [-0.05, 0) is 6.07 Å². The number of aryl methyl sites for hydroxylation is 1. The number of aromatic nitrogens is 3. The van der Waals surface area contributed by atoms with Crippen LogP contribution < -0.4 is 4.74 Å². The summed E-state index contributed by atoms with van der Waals surface area (Å²) in [7, 11) is 2.70. The first kappa shape index (κ1) is 15.8. The number of aliphatic carboxylic acids is 1. The number of hydrogen-bond acceptors (Lipinski definition) is 4. The molecule has 0 aromatic carbocycles. The van der Waals surface area contributed by atoms with Crippen molar-refractivity contribution in [2.24, 2.45) is 7.05 Å². The Morgan fingerprint density at radius 1 is 1.45 bits per heavy atom. The molecule has 0 atom stereocenters. The van der Waals surface area contributed by atoms with Gasteiger partial charge in [-0.15, -0.1) is 0 Å². The van der Waals surface area contributed by atoms with Crippen LogP contribution in [0.1, 0.15) is 11.4 Å². The molecule has 0 unspecified atom stereocenters. The van der Waals surface area contributed by atoms with E-state index in [-0.39, 0.29) is 12.1 Å². The maximum absolute atomic E-state index is 12.8. The second-order valence-electron chi connectivity index (χ2n) is 4.51. The first-order valence-electron chi connectivity index (χ1n) is 6.08. The SMILES string of the molecule is COc1cc(-c2cn(C)nc2CC(=O)O)cnc1C(F)(F)F. The molecule has 22 heavy (non-hydrogen) atoms. The summed E-state index contributed by atoms with van der Waals surface area (Å²) in [6.07, 6.45) is -2.45. The van der Waals surface area contributed by atoms with Crippen LogP contribution in [0, 0.1) is 0 Å². The zero-order valence-electron chi connectivity index (χ0n) is 11.7. The number of pyridine rings is 1. The third-order valence-corrected chi connectivity index (χ3v) is 2.88. The summed E-state index contributed by atoms with van der Waals surface area (Å²) >= 11 is 0.